The first-order valence-electron chi connectivity index (χ1n) is 11.4. The smallest absolute Gasteiger partial charge is 0.255 e. The third kappa shape index (κ3) is 6.16. The van der Waals surface area contributed by atoms with Gasteiger partial charge in [-0.25, -0.2) is 4.21 Å². The van der Waals surface area contributed by atoms with Crippen LogP contribution in [0.3, 0.4) is 0 Å². The van der Waals surface area contributed by atoms with E-state index in [1.165, 1.54) is 0 Å². The molecule has 37 heavy (non-hydrogen) atoms. The summed E-state index contributed by atoms with van der Waals surface area (Å²) in [6.07, 6.45) is 5.11. The van der Waals surface area contributed by atoms with Gasteiger partial charge in [0.25, 0.3) is 5.91 Å². The molecule has 2 aromatic heterocycles. The number of carbonyl (C=O) groups excluding carboxylic acids is 1. The molecule has 1 atom stereocenters. The van der Waals surface area contributed by atoms with Crippen molar-refractivity contribution in [1.82, 2.24) is 9.97 Å². The molecule has 3 aromatic carbocycles. The topological polar surface area (TPSA) is 116 Å². The summed E-state index contributed by atoms with van der Waals surface area (Å²) in [4.78, 5) is 21.4. The fraction of sp³-hybridized carbons (Fsp3) is 0.0357. The number of nitrogens with zero attached hydrogens (tertiary/aromatic N) is 2. The maximum absolute atomic E-state index is 13.0. The van der Waals surface area contributed by atoms with E-state index in [2.05, 4.69) is 25.9 Å². The zero-order valence-electron chi connectivity index (χ0n) is 19.6. The number of aromatic nitrogens is 2. The number of fused-ring (bicyclic) bond motifs is 1. The lowest BCUT2D eigenvalue weighted by Gasteiger charge is -2.12. The molecule has 184 valence electrons. The van der Waals surface area contributed by atoms with E-state index in [4.69, 9.17) is 0 Å². The van der Waals surface area contributed by atoms with Gasteiger partial charge in [-0.15, -0.1) is 0 Å². The van der Waals surface area contributed by atoms with E-state index in [0.717, 1.165) is 39.2 Å². The van der Waals surface area contributed by atoms with Crippen molar-refractivity contribution in [3.63, 3.8) is 0 Å². The number of hydrogen-bond acceptors (Lipinski definition) is 6. The second kappa shape index (κ2) is 11.0. The molecule has 0 fully saturated rings. The predicted molar refractivity (Wildman–Crippen MR) is 148 cm³/mol. The first-order valence-corrected chi connectivity index (χ1v) is 12.7. The van der Waals surface area contributed by atoms with Crippen molar-refractivity contribution >= 4 is 56.3 Å². The Hall–Kier alpha value is -4.60. The average molecular weight is 510 g/mol. The fourth-order valence-electron chi connectivity index (χ4n) is 3.91. The van der Waals surface area contributed by atoms with Gasteiger partial charge in [0.15, 0.2) is 11.1 Å². The van der Waals surface area contributed by atoms with Crippen molar-refractivity contribution in [2.45, 2.75) is 5.75 Å². The van der Waals surface area contributed by atoms with E-state index in [1.807, 2.05) is 66.7 Å². The van der Waals surface area contributed by atoms with Crippen LogP contribution in [0.2, 0.25) is 0 Å². The highest BCUT2D eigenvalue weighted by Crippen LogP contribution is 2.27. The molecule has 0 saturated carbocycles. The van der Waals surface area contributed by atoms with Crippen LogP contribution in [0.1, 0.15) is 15.9 Å². The van der Waals surface area contributed by atoms with Gasteiger partial charge < -0.3 is 20.5 Å². The first kappa shape index (κ1) is 24.1. The molecule has 0 saturated heterocycles. The van der Waals surface area contributed by atoms with Crippen LogP contribution >= 0.6 is 0 Å². The van der Waals surface area contributed by atoms with Gasteiger partial charge in [0.2, 0.25) is 0 Å². The van der Waals surface area contributed by atoms with Crippen molar-refractivity contribution in [2.75, 3.05) is 16.0 Å². The van der Waals surface area contributed by atoms with E-state index in [9.17, 15) is 13.6 Å². The second-order valence-electron chi connectivity index (χ2n) is 8.28. The number of rotatable bonds is 8. The van der Waals surface area contributed by atoms with Gasteiger partial charge in [-0.3, -0.25) is 14.8 Å². The molecule has 9 heteroatoms. The summed E-state index contributed by atoms with van der Waals surface area (Å²) in [7, 11) is 0. The molecule has 0 bridgehead atoms. The summed E-state index contributed by atoms with van der Waals surface area (Å²) >= 11 is -1.93. The Kier molecular flexibility index (Phi) is 7.16. The summed E-state index contributed by atoms with van der Waals surface area (Å²) in [6.45, 7) is 0. The molecular weight excluding hydrogens is 486 g/mol. The van der Waals surface area contributed by atoms with Crippen LogP contribution in [0.5, 0.6) is 0 Å². The summed E-state index contributed by atoms with van der Waals surface area (Å²) in [5.74, 6) is -0.198. The lowest BCUT2D eigenvalue weighted by molar-refractivity contribution is 0.102. The van der Waals surface area contributed by atoms with E-state index >= 15 is 0 Å². The normalized spacial score (nSPS) is 11.6. The van der Waals surface area contributed by atoms with E-state index in [0.29, 0.717) is 11.3 Å². The van der Waals surface area contributed by atoms with Crippen LogP contribution in [-0.2, 0) is 16.8 Å². The summed E-state index contributed by atoms with van der Waals surface area (Å²) < 4.78 is 20.5. The molecule has 2 heterocycles. The van der Waals surface area contributed by atoms with Crippen LogP contribution < -0.4 is 16.0 Å². The minimum Gasteiger partial charge on any atom is -0.355 e. The molecule has 5 rings (SSSR count). The summed E-state index contributed by atoms with van der Waals surface area (Å²) in [5.41, 5.74) is 5.90. The average Bonchev–Trinajstić information content (AvgIpc) is 2.90. The third-order valence-corrected chi connectivity index (χ3v) is 6.17. The van der Waals surface area contributed by atoms with Crippen molar-refractivity contribution < 1.29 is 13.6 Å². The number of nitrogens with one attached hydrogen (secondary N) is 3. The van der Waals surface area contributed by atoms with E-state index in [1.54, 1.807) is 36.8 Å². The minimum atomic E-state index is -1.93. The van der Waals surface area contributed by atoms with Gasteiger partial charge in [0.05, 0.1) is 11.3 Å². The maximum atomic E-state index is 13.0. The van der Waals surface area contributed by atoms with Gasteiger partial charge in [0.1, 0.15) is 0 Å². The van der Waals surface area contributed by atoms with Crippen LogP contribution in [0, 0.1) is 0 Å². The van der Waals surface area contributed by atoms with E-state index < -0.39 is 11.1 Å². The molecule has 4 N–H and O–H groups in total. The minimum absolute atomic E-state index is 0.0409. The number of anilines is 5. The number of amides is 1. The lowest BCUT2D eigenvalue weighted by atomic mass is 10.1. The molecule has 0 radical (unpaired) electrons. The number of benzene rings is 3. The van der Waals surface area contributed by atoms with Crippen LogP contribution in [0.4, 0.5) is 28.4 Å². The molecular formula is C28H23N5O3S. The fourth-order valence-corrected chi connectivity index (χ4v) is 4.37. The Morgan fingerprint density at radius 3 is 2.35 bits per heavy atom. The largest absolute Gasteiger partial charge is 0.355 e. The van der Waals surface area contributed by atoms with Crippen molar-refractivity contribution in [1.29, 1.82) is 0 Å². The molecule has 8 nitrogen and oxygen atoms in total. The van der Waals surface area contributed by atoms with Gasteiger partial charge in [0, 0.05) is 58.0 Å². The monoisotopic (exact) mass is 509 g/mol. The summed E-state index contributed by atoms with van der Waals surface area (Å²) in [5, 5.41) is 10.4. The van der Waals surface area contributed by atoms with Crippen LogP contribution in [0.25, 0.3) is 10.9 Å². The molecule has 0 spiro atoms. The first-order chi connectivity index (χ1) is 18.0. The van der Waals surface area contributed by atoms with Gasteiger partial charge in [-0.05, 0) is 72.3 Å². The Morgan fingerprint density at radius 2 is 1.54 bits per heavy atom. The van der Waals surface area contributed by atoms with Crippen LogP contribution in [0.15, 0.2) is 104 Å². The van der Waals surface area contributed by atoms with Gasteiger partial charge >= 0.3 is 0 Å². The number of carbonyl (C=O) groups is 1. The Bertz CT molecular complexity index is 1590. The van der Waals surface area contributed by atoms with Crippen LogP contribution in [-0.4, -0.2) is 24.6 Å². The second-order valence-corrected chi connectivity index (χ2v) is 9.21. The molecule has 0 aliphatic carbocycles. The number of hydrogen-bond donors (Lipinski definition) is 4. The third-order valence-electron chi connectivity index (χ3n) is 5.59. The Balaban J connectivity index is 1.33. The van der Waals surface area contributed by atoms with Crippen molar-refractivity contribution in [2.24, 2.45) is 0 Å². The Labute approximate surface area is 216 Å². The van der Waals surface area contributed by atoms with Crippen molar-refractivity contribution in [3.05, 3.63) is 115 Å². The lowest BCUT2D eigenvalue weighted by Crippen LogP contribution is -2.12. The molecule has 1 amide bonds. The molecule has 0 aliphatic rings. The zero-order valence-corrected chi connectivity index (χ0v) is 20.4. The Morgan fingerprint density at radius 1 is 0.784 bits per heavy atom. The molecule has 1 unspecified atom stereocenters. The number of pyridine rings is 2. The highest BCUT2D eigenvalue weighted by Gasteiger charge is 2.10. The van der Waals surface area contributed by atoms with Crippen molar-refractivity contribution in [3.8, 4) is 0 Å². The maximum Gasteiger partial charge on any atom is 0.255 e. The standard InChI is InChI=1S/C28H23N5O3S/c34-28(33-24-6-2-5-23(17-24)31-21-9-12-29-13-10-21)20-3-1-4-22(16-20)32-27-11-14-30-26-8-7-19(15-25(26)27)18-37(35)36/h1-17H,18H2,(H,29,31)(H,30,32)(H,33,34)(H,35,36). The summed E-state index contributed by atoms with van der Waals surface area (Å²) in [6, 6.07) is 25.7. The predicted octanol–water partition coefficient (Wildman–Crippen LogP) is 6.09. The molecule has 0 aliphatic heterocycles. The highest BCUT2D eigenvalue weighted by atomic mass is 32.2. The quantitative estimate of drug-likeness (QED) is 0.187. The van der Waals surface area contributed by atoms with Gasteiger partial charge in [-0.2, -0.15) is 0 Å². The highest BCUT2D eigenvalue weighted by molar-refractivity contribution is 7.78. The zero-order chi connectivity index (χ0) is 25.6. The molecule has 5 aromatic rings. The SMILES string of the molecule is O=C(Nc1cccc(Nc2ccncc2)c1)c1cccc(Nc2ccnc3ccc(CS(=O)O)cc23)c1. The van der Waals surface area contributed by atoms with Gasteiger partial charge in [-0.1, -0.05) is 18.2 Å². The van der Waals surface area contributed by atoms with E-state index in [-0.39, 0.29) is 11.7 Å².